The first-order valence-electron chi connectivity index (χ1n) is 11.3. The number of carbonyl (C=O) groups is 3. The number of carbonyl (C=O) groups excluding carboxylic acids is 3. The van der Waals surface area contributed by atoms with Gasteiger partial charge in [0.2, 0.25) is 11.8 Å². The number of unbranched alkanes of at least 4 members (excludes halogenated alkanes) is 2. The fraction of sp³-hybridized carbons (Fsp3) is 0.280. The second-order valence-corrected chi connectivity index (χ2v) is 8.64. The number of anilines is 1. The highest BCUT2D eigenvalue weighted by Gasteiger charge is 2.22. The van der Waals surface area contributed by atoms with Gasteiger partial charge in [-0.2, -0.15) is 0 Å². The summed E-state index contributed by atoms with van der Waals surface area (Å²) < 4.78 is 5.27. The number of benzene rings is 2. The Balaban J connectivity index is 1.57. The van der Waals surface area contributed by atoms with E-state index in [0.717, 1.165) is 16.8 Å². The lowest BCUT2D eigenvalue weighted by molar-refractivity contribution is -0.129. The van der Waals surface area contributed by atoms with Crippen molar-refractivity contribution < 1.29 is 24.3 Å². The number of nitrogens with zero attached hydrogens (tertiary/aromatic N) is 1. The molecule has 9 nitrogen and oxygen atoms in total. The zero-order chi connectivity index (χ0) is 24.9. The summed E-state index contributed by atoms with van der Waals surface area (Å²) >= 11 is 1.30. The van der Waals surface area contributed by atoms with Crippen molar-refractivity contribution in [2.45, 2.75) is 44.8 Å². The van der Waals surface area contributed by atoms with E-state index in [4.69, 9.17) is 9.94 Å². The Bertz CT molecular complexity index is 1090. The lowest BCUT2D eigenvalue weighted by Gasteiger charge is -2.17. The maximum Gasteiger partial charge on any atom is 0.408 e. The molecule has 3 aromatic rings. The summed E-state index contributed by atoms with van der Waals surface area (Å²) in [6.07, 6.45) is 1.62. The monoisotopic (exact) mass is 496 g/mol. The smallest absolute Gasteiger partial charge is 0.408 e. The molecular formula is C25H28N4O5S. The van der Waals surface area contributed by atoms with Gasteiger partial charge in [0.05, 0.1) is 5.69 Å². The standard InChI is InChI=1S/C25H28N4O5S/c30-22(29-33)15-9-3-8-14-20(27-25(32)34-16-18-10-4-1-5-11-18)23(31)28-24-26-21(17-35-24)19-12-6-2-7-13-19/h1-2,4-7,10-13,17,20,33H,3,8-9,14-16H2,(H,27,32)(H,29,30)(H,26,28,31). The molecule has 2 aromatic carbocycles. The first-order chi connectivity index (χ1) is 17.0. The van der Waals surface area contributed by atoms with Crippen LogP contribution in [0.4, 0.5) is 9.93 Å². The Labute approximate surface area is 207 Å². The lowest BCUT2D eigenvalue weighted by Crippen LogP contribution is -2.44. The van der Waals surface area contributed by atoms with Gasteiger partial charge in [-0.1, -0.05) is 73.5 Å². The van der Waals surface area contributed by atoms with Gasteiger partial charge in [0.1, 0.15) is 12.6 Å². The molecule has 0 fully saturated rings. The van der Waals surface area contributed by atoms with Crippen LogP contribution in [0.15, 0.2) is 66.0 Å². The molecular weight excluding hydrogens is 468 g/mol. The Hall–Kier alpha value is -3.76. The van der Waals surface area contributed by atoms with Gasteiger partial charge in [-0.05, 0) is 18.4 Å². The molecule has 10 heteroatoms. The van der Waals surface area contributed by atoms with Crippen molar-refractivity contribution in [2.75, 3.05) is 5.32 Å². The van der Waals surface area contributed by atoms with E-state index in [-0.39, 0.29) is 13.0 Å². The highest BCUT2D eigenvalue weighted by atomic mass is 32.1. The molecule has 0 aliphatic rings. The minimum Gasteiger partial charge on any atom is -0.445 e. The van der Waals surface area contributed by atoms with E-state index in [1.165, 1.54) is 11.3 Å². The molecule has 0 bridgehead atoms. The summed E-state index contributed by atoms with van der Waals surface area (Å²) in [5.41, 5.74) is 4.12. The third-order valence-corrected chi connectivity index (χ3v) is 5.90. The number of alkyl carbamates (subject to hydrolysis) is 1. The third kappa shape index (κ3) is 8.84. The number of aromatic nitrogens is 1. The highest BCUT2D eigenvalue weighted by Crippen LogP contribution is 2.24. The SMILES string of the molecule is O=C(CCCCCC(NC(=O)OCc1ccccc1)C(=O)Nc1nc(-c2ccccc2)cs1)NO. The number of nitrogens with one attached hydrogen (secondary N) is 3. The molecule has 1 heterocycles. The third-order valence-electron chi connectivity index (χ3n) is 5.15. The van der Waals surface area contributed by atoms with E-state index in [1.807, 2.05) is 66.0 Å². The van der Waals surface area contributed by atoms with Crippen LogP contribution in [0.25, 0.3) is 11.3 Å². The summed E-state index contributed by atoms with van der Waals surface area (Å²) in [5, 5.41) is 16.3. The molecule has 0 saturated heterocycles. The van der Waals surface area contributed by atoms with E-state index in [2.05, 4.69) is 15.6 Å². The average Bonchev–Trinajstić information content (AvgIpc) is 3.36. The topological polar surface area (TPSA) is 130 Å². The van der Waals surface area contributed by atoms with Gasteiger partial charge >= 0.3 is 6.09 Å². The van der Waals surface area contributed by atoms with Crippen LogP contribution in [-0.4, -0.2) is 34.1 Å². The van der Waals surface area contributed by atoms with Gasteiger partial charge in [0, 0.05) is 17.4 Å². The predicted octanol–water partition coefficient (Wildman–Crippen LogP) is 4.50. The Morgan fingerprint density at radius 3 is 2.40 bits per heavy atom. The highest BCUT2D eigenvalue weighted by molar-refractivity contribution is 7.14. The normalized spacial score (nSPS) is 11.3. The molecule has 0 aliphatic heterocycles. The van der Waals surface area contributed by atoms with Crippen molar-refractivity contribution in [1.29, 1.82) is 0 Å². The van der Waals surface area contributed by atoms with E-state index in [1.54, 1.807) is 5.48 Å². The maximum absolute atomic E-state index is 13.0. The fourth-order valence-corrected chi connectivity index (χ4v) is 4.03. The molecule has 3 rings (SSSR count). The maximum atomic E-state index is 13.0. The van der Waals surface area contributed by atoms with Crippen molar-refractivity contribution >= 4 is 34.4 Å². The number of thiazole rings is 1. The van der Waals surface area contributed by atoms with Crippen LogP contribution in [0.1, 0.15) is 37.7 Å². The Kier molecular flexibility index (Phi) is 10.2. The summed E-state index contributed by atoms with van der Waals surface area (Å²) in [4.78, 5) is 41.0. The summed E-state index contributed by atoms with van der Waals surface area (Å²) in [5.74, 6) is -0.858. The first kappa shape index (κ1) is 25.9. The van der Waals surface area contributed by atoms with Gasteiger partial charge in [0.25, 0.3) is 0 Å². The molecule has 4 N–H and O–H groups in total. The van der Waals surface area contributed by atoms with Crippen LogP contribution in [-0.2, 0) is 20.9 Å². The second-order valence-electron chi connectivity index (χ2n) is 7.79. The number of hydroxylamine groups is 1. The molecule has 0 aliphatic carbocycles. The van der Waals surface area contributed by atoms with Gasteiger partial charge in [-0.25, -0.2) is 15.3 Å². The summed E-state index contributed by atoms with van der Waals surface area (Å²) in [7, 11) is 0. The van der Waals surface area contributed by atoms with E-state index in [9.17, 15) is 14.4 Å². The number of hydrogen-bond donors (Lipinski definition) is 4. The molecule has 0 saturated carbocycles. The van der Waals surface area contributed by atoms with Crippen molar-refractivity contribution in [3.05, 3.63) is 71.6 Å². The lowest BCUT2D eigenvalue weighted by atomic mass is 10.1. The van der Waals surface area contributed by atoms with Crippen molar-refractivity contribution in [1.82, 2.24) is 15.8 Å². The quantitative estimate of drug-likeness (QED) is 0.166. The predicted molar refractivity (Wildman–Crippen MR) is 133 cm³/mol. The zero-order valence-corrected chi connectivity index (χ0v) is 19.9. The molecule has 3 amide bonds. The van der Waals surface area contributed by atoms with Crippen LogP contribution in [0.2, 0.25) is 0 Å². The minimum atomic E-state index is -0.839. The Morgan fingerprint density at radius 2 is 1.69 bits per heavy atom. The van der Waals surface area contributed by atoms with Crippen LogP contribution in [0.3, 0.4) is 0 Å². The minimum absolute atomic E-state index is 0.0875. The van der Waals surface area contributed by atoms with Crippen LogP contribution >= 0.6 is 11.3 Å². The molecule has 0 spiro atoms. The van der Waals surface area contributed by atoms with Crippen LogP contribution < -0.4 is 16.1 Å². The van der Waals surface area contributed by atoms with Crippen LogP contribution in [0.5, 0.6) is 0 Å². The van der Waals surface area contributed by atoms with Crippen molar-refractivity contribution in [3.63, 3.8) is 0 Å². The van der Waals surface area contributed by atoms with E-state index >= 15 is 0 Å². The number of rotatable bonds is 12. The average molecular weight is 497 g/mol. The van der Waals surface area contributed by atoms with Crippen molar-refractivity contribution in [2.24, 2.45) is 0 Å². The molecule has 0 radical (unpaired) electrons. The first-order valence-corrected chi connectivity index (χ1v) is 12.1. The molecule has 1 aromatic heterocycles. The van der Waals surface area contributed by atoms with E-state index in [0.29, 0.717) is 30.8 Å². The Morgan fingerprint density at radius 1 is 0.971 bits per heavy atom. The summed E-state index contributed by atoms with van der Waals surface area (Å²) in [6, 6.07) is 18.0. The van der Waals surface area contributed by atoms with E-state index < -0.39 is 23.9 Å². The second kappa shape index (κ2) is 13.8. The van der Waals surface area contributed by atoms with Gasteiger partial charge in [0.15, 0.2) is 5.13 Å². The van der Waals surface area contributed by atoms with Crippen LogP contribution in [0, 0.1) is 0 Å². The summed E-state index contributed by atoms with van der Waals surface area (Å²) in [6.45, 7) is 0.0875. The van der Waals surface area contributed by atoms with Gasteiger partial charge in [-0.3, -0.25) is 14.8 Å². The number of hydrogen-bond acceptors (Lipinski definition) is 7. The number of ether oxygens (including phenoxy) is 1. The zero-order valence-electron chi connectivity index (χ0n) is 19.1. The fourth-order valence-electron chi connectivity index (χ4n) is 3.31. The van der Waals surface area contributed by atoms with Gasteiger partial charge in [-0.15, -0.1) is 11.3 Å². The largest absolute Gasteiger partial charge is 0.445 e. The molecule has 184 valence electrons. The molecule has 35 heavy (non-hydrogen) atoms. The molecule has 1 unspecified atom stereocenters. The molecule has 1 atom stereocenters. The number of amides is 3. The van der Waals surface area contributed by atoms with Gasteiger partial charge < -0.3 is 15.4 Å². The van der Waals surface area contributed by atoms with Crippen molar-refractivity contribution in [3.8, 4) is 11.3 Å².